The zero-order valence-corrected chi connectivity index (χ0v) is 12.0. The van der Waals surface area contributed by atoms with Crippen LogP contribution in [0.5, 0.6) is 0 Å². The van der Waals surface area contributed by atoms with Gasteiger partial charge in [0.05, 0.1) is 0 Å². The van der Waals surface area contributed by atoms with Crippen LogP contribution >= 0.6 is 0 Å². The number of likely N-dealkylation sites (N-methyl/N-ethyl adjacent to an activating group) is 1. The number of rotatable bonds is 3. The quantitative estimate of drug-likeness (QED) is 0.809. The van der Waals surface area contributed by atoms with Crippen molar-refractivity contribution in [2.75, 3.05) is 33.2 Å². The fourth-order valence-electron chi connectivity index (χ4n) is 2.52. The van der Waals surface area contributed by atoms with Crippen molar-refractivity contribution in [2.24, 2.45) is 0 Å². The molecule has 18 heavy (non-hydrogen) atoms. The second kappa shape index (κ2) is 6.35. The first-order valence-electron chi connectivity index (χ1n) is 7.15. The highest BCUT2D eigenvalue weighted by Gasteiger charge is 2.12. The van der Waals surface area contributed by atoms with E-state index in [1.165, 1.54) is 43.7 Å². The van der Waals surface area contributed by atoms with Crippen molar-refractivity contribution in [3.8, 4) is 0 Å². The Kier molecular flexibility index (Phi) is 4.79. The molecule has 1 aliphatic rings. The van der Waals surface area contributed by atoms with E-state index in [1.54, 1.807) is 0 Å². The summed E-state index contributed by atoms with van der Waals surface area (Å²) in [6.07, 6.45) is 1.29. The van der Waals surface area contributed by atoms with E-state index >= 15 is 0 Å². The van der Waals surface area contributed by atoms with Crippen LogP contribution in [0.15, 0.2) is 24.3 Å². The summed E-state index contributed by atoms with van der Waals surface area (Å²) in [5.41, 5.74) is 2.89. The lowest BCUT2D eigenvalue weighted by Crippen LogP contribution is -2.28. The van der Waals surface area contributed by atoms with Gasteiger partial charge < -0.3 is 4.90 Å². The average Bonchev–Trinajstić information content (AvgIpc) is 2.55. The highest BCUT2D eigenvalue weighted by Crippen LogP contribution is 2.16. The maximum absolute atomic E-state index is 2.58. The van der Waals surface area contributed by atoms with Gasteiger partial charge in [-0.15, -0.1) is 0 Å². The van der Waals surface area contributed by atoms with E-state index in [9.17, 15) is 0 Å². The van der Waals surface area contributed by atoms with Crippen LogP contribution in [0.1, 0.15) is 37.3 Å². The molecule has 0 unspecified atom stereocenters. The van der Waals surface area contributed by atoms with E-state index in [4.69, 9.17) is 0 Å². The van der Waals surface area contributed by atoms with Gasteiger partial charge in [0.15, 0.2) is 0 Å². The normalized spacial score (nSPS) is 19.1. The smallest absolute Gasteiger partial charge is 0.0234 e. The Bertz CT molecular complexity index is 356. The Morgan fingerprint density at radius 1 is 1.00 bits per heavy atom. The molecule has 1 fully saturated rings. The van der Waals surface area contributed by atoms with Gasteiger partial charge in [-0.3, -0.25) is 4.90 Å². The monoisotopic (exact) mass is 246 g/mol. The second-order valence-electron chi connectivity index (χ2n) is 5.83. The number of benzene rings is 1. The van der Waals surface area contributed by atoms with Gasteiger partial charge >= 0.3 is 0 Å². The number of hydrogen-bond donors (Lipinski definition) is 0. The minimum absolute atomic E-state index is 0.630. The van der Waals surface area contributed by atoms with Crippen LogP contribution in [0.2, 0.25) is 0 Å². The summed E-state index contributed by atoms with van der Waals surface area (Å²) in [6.45, 7) is 10.5. The molecule has 0 aromatic heterocycles. The zero-order chi connectivity index (χ0) is 13.0. The lowest BCUT2D eigenvalue weighted by molar-refractivity contribution is 0.269. The molecule has 2 heteroatoms. The molecule has 0 bridgehead atoms. The first-order valence-corrected chi connectivity index (χ1v) is 7.15. The average molecular weight is 246 g/mol. The van der Waals surface area contributed by atoms with Gasteiger partial charge in [-0.2, -0.15) is 0 Å². The fraction of sp³-hybridized carbons (Fsp3) is 0.625. The number of hydrogen-bond acceptors (Lipinski definition) is 2. The topological polar surface area (TPSA) is 6.48 Å². The minimum Gasteiger partial charge on any atom is -0.305 e. The van der Waals surface area contributed by atoms with Gasteiger partial charge in [-0.1, -0.05) is 38.1 Å². The van der Waals surface area contributed by atoms with Gasteiger partial charge in [0.1, 0.15) is 0 Å². The summed E-state index contributed by atoms with van der Waals surface area (Å²) >= 11 is 0. The molecule has 0 atom stereocenters. The Balaban J connectivity index is 1.92. The Morgan fingerprint density at radius 2 is 1.72 bits per heavy atom. The van der Waals surface area contributed by atoms with Crippen LogP contribution in [0.4, 0.5) is 0 Å². The molecule has 100 valence electrons. The largest absolute Gasteiger partial charge is 0.305 e. The lowest BCUT2D eigenvalue weighted by atomic mass is 10.0. The van der Waals surface area contributed by atoms with E-state index in [0.29, 0.717) is 5.92 Å². The van der Waals surface area contributed by atoms with E-state index in [0.717, 1.165) is 6.54 Å². The SMILES string of the molecule is CC(C)c1ccc(CN2CCCN(C)CC2)cc1. The first kappa shape index (κ1) is 13.6. The molecular formula is C16H26N2. The predicted molar refractivity (Wildman–Crippen MR) is 77.9 cm³/mol. The standard InChI is InChI=1S/C16H26N2/c1-14(2)16-7-5-15(6-8-16)13-18-10-4-9-17(3)11-12-18/h5-8,14H,4,9-13H2,1-3H3. The zero-order valence-electron chi connectivity index (χ0n) is 12.0. The highest BCUT2D eigenvalue weighted by molar-refractivity contribution is 5.24. The van der Waals surface area contributed by atoms with Gasteiger partial charge in [0.2, 0.25) is 0 Å². The first-order chi connectivity index (χ1) is 8.65. The fourth-order valence-corrected chi connectivity index (χ4v) is 2.52. The van der Waals surface area contributed by atoms with Crippen molar-refractivity contribution in [2.45, 2.75) is 32.7 Å². The number of nitrogens with zero attached hydrogens (tertiary/aromatic N) is 2. The molecule has 1 aromatic carbocycles. The summed E-state index contributed by atoms with van der Waals surface area (Å²) in [5, 5.41) is 0. The summed E-state index contributed by atoms with van der Waals surface area (Å²) in [6, 6.07) is 9.15. The van der Waals surface area contributed by atoms with Crippen LogP contribution in [0.3, 0.4) is 0 Å². The Labute approximate surface area is 112 Å². The molecule has 1 heterocycles. The van der Waals surface area contributed by atoms with Gasteiger partial charge in [-0.25, -0.2) is 0 Å². The molecule has 0 saturated carbocycles. The van der Waals surface area contributed by atoms with E-state index in [2.05, 4.69) is 55.0 Å². The predicted octanol–water partition coefficient (Wildman–Crippen LogP) is 2.95. The Hall–Kier alpha value is -0.860. The van der Waals surface area contributed by atoms with Crippen LogP contribution in [0, 0.1) is 0 Å². The van der Waals surface area contributed by atoms with E-state index < -0.39 is 0 Å². The molecular weight excluding hydrogens is 220 g/mol. The van der Waals surface area contributed by atoms with Crippen LogP contribution in [-0.4, -0.2) is 43.0 Å². The summed E-state index contributed by atoms with van der Waals surface area (Å²) in [5.74, 6) is 0.630. The van der Waals surface area contributed by atoms with Gasteiger partial charge in [0.25, 0.3) is 0 Å². The Morgan fingerprint density at radius 3 is 2.39 bits per heavy atom. The van der Waals surface area contributed by atoms with E-state index in [-0.39, 0.29) is 0 Å². The maximum atomic E-state index is 2.58. The molecule has 0 radical (unpaired) electrons. The molecule has 1 aliphatic heterocycles. The third-order valence-electron chi connectivity index (χ3n) is 3.86. The van der Waals surface area contributed by atoms with Crippen molar-refractivity contribution >= 4 is 0 Å². The molecule has 1 aromatic rings. The van der Waals surface area contributed by atoms with Crippen molar-refractivity contribution < 1.29 is 0 Å². The molecule has 0 aliphatic carbocycles. The van der Waals surface area contributed by atoms with Crippen molar-refractivity contribution in [1.29, 1.82) is 0 Å². The minimum atomic E-state index is 0.630. The second-order valence-corrected chi connectivity index (χ2v) is 5.83. The van der Waals surface area contributed by atoms with E-state index in [1.807, 2.05) is 0 Å². The summed E-state index contributed by atoms with van der Waals surface area (Å²) in [4.78, 5) is 5.01. The third kappa shape index (κ3) is 3.82. The molecule has 0 N–H and O–H groups in total. The van der Waals surface area contributed by atoms with Gasteiger partial charge in [-0.05, 0) is 43.6 Å². The van der Waals surface area contributed by atoms with Crippen LogP contribution in [-0.2, 0) is 6.54 Å². The third-order valence-corrected chi connectivity index (χ3v) is 3.86. The summed E-state index contributed by atoms with van der Waals surface area (Å²) in [7, 11) is 2.22. The van der Waals surface area contributed by atoms with Crippen molar-refractivity contribution in [3.63, 3.8) is 0 Å². The summed E-state index contributed by atoms with van der Waals surface area (Å²) < 4.78 is 0. The van der Waals surface area contributed by atoms with Crippen molar-refractivity contribution in [3.05, 3.63) is 35.4 Å². The maximum Gasteiger partial charge on any atom is 0.0234 e. The molecule has 1 saturated heterocycles. The van der Waals surface area contributed by atoms with Crippen molar-refractivity contribution in [1.82, 2.24) is 9.80 Å². The molecule has 0 spiro atoms. The molecule has 2 nitrogen and oxygen atoms in total. The van der Waals surface area contributed by atoms with Crippen LogP contribution in [0.25, 0.3) is 0 Å². The lowest BCUT2D eigenvalue weighted by Gasteiger charge is -2.20. The molecule has 2 rings (SSSR count). The molecule has 0 amide bonds. The van der Waals surface area contributed by atoms with Gasteiger partial charge in [0, 0.05) is 19.6 Å². The highest BCUT2D eigenvalue weighted by atomic mass is 15.2. The van der Waals surface area contributed by atoms with Crippen LogP contribution < -0.4 is 0 Å².